The number of amides is 1. The molecule has 1 heterocycles. The SMILES string of the molecule is CC(CCO)Sc1ccc(C(=O)N(C)C)nn1. The molecule has 0 aliphatic rings. The Kier molecular flexibility index (Phi) is 5.37. The van der Waals surface area contributed by atoms with Gasteiger partial charge in [0.1, 0.15) is 5.03 Å². The van der Waals surface area contributed by atoms with Gasteiger partial charge in [0.2, 0.25) is 0 Å². The van der Waals surface area contributed by atoms with Gasteiger partial charge in [-0.1, -0.05) is 6.92 Å². The van der Waals surface area contributed by atoms with E-state index in [-0.39, 0.29) is 17.8 Å². The third kappa shape index (κ3) is 4.32. The van der Waals surface area contributed by atoms with E-state index < -0.39 is 0 Å². The lowest BCUT2D eigenvalue weighted by Gasteiger charge is -2.10. The van der Waals surface area contributed by atoms with Crippen molar-refractivity contribution in [2.45, 2.75) is 23.6 Å². The first-order valence-electron chi connectivity index (χ1n) is 5.37. The highest BCUT2D eigenvalue weighted by Crippen LogP contribution is 2.22. The van der Waals surface area contributed by atoms with Crippen LogP contribution in [-0.4, -0.2) is 52.1 Å². The molecule has 1 aromatic heterocycles. The molecule has 17 heavy (non-hydrogen) atoms. The summed E-state index contributed by atoms with van der Waals surface area (Å²) in [4.78, 5) is 13.0. The summed E-state index contributed by atoms with van der Waals surface area (Å²) in [6.45, 7) is 2.18. The maximum Gasteiger partial charge on any atom is 0.273 e. The van der Waals surface area contributed by atoms with Crippen molar-refractivity contribution in [3.05, 3.63) is 17.8 Å². The molecule has 5 nitrogen and oxygen atoms in total. The van der Waals surface area contributed by atoms with E-state index in [1.54, 1.807) is 26.2 Å². The number of rotatable bonds is 5. The lowest BCUT2D eigenvalue weighted by atomic mass is 10.3. The molecule has 0 saturated heterocycles. The molecule has 0 bridgehead atoms. The van der Waals surface area contributed by atoms with Gasteiger partial charge in [0.05, 0.1) is 0 Å². The highest BCUT2D eigenvalue weighted by molar-refractivity contribution is 7.99. The maximum atomic E-state index is 11.6. The van der Waals surface area contributed by atoms with Crippen LogP contribution in [0.2, 0.25) is 0 Å². The third-order valence-electron chi connectivity index (χ3n) is 2.12. The van der Waals surface area contributed by atoms with Gasteiger partial charge in [0.15, 0.2) is 5.69 Å². The van der Waals surface area contributed by atoms with Crippen molar-refractivity contribution in [3.63, 3.8) is 0 Å². The van der Waals surface area contributed by atoms with Crippen molar-refractivity contribution in [3.8, 4) is 0 Å². The molecular formula is C11H17N3O2S. The lowest BCUT2D eigenvalue weighted by molar-refractivity contribution is 0.0820. The number of hydrogen-bond acceptors (Lipinski definition) is 5. The number of hydrogen-bond donors (Lipinski definition) is 1. The molecule has 0 saturated carbocycles. The number of aliphatic hydroxyl groups is 1. The average Bonchev–Trinajstić information content (AvgIpc) is 2.29. The van der Waals surface area contributed by atoms with E-state index in [0.29, 0.717) is 12.1 Å². The zero-order valence-electron chi connectivity index (χ0n) is 10.3. The Balaban J connectivity index is 2.65. The highest BCUT2D eigenvalue weighted by Gasteiger charge is 2.11. The highest BCUT2D eigenvalue weighted by atomic mass is 32.2. The second kappa shape index (κ2) is 6.56. The monoisotopic (exact) mass is 255 g/mol. The van der Waals surface area contributed by atoms with Crippen molar-refractivity contribution in [1.82, 2.24) is 15.1 Å². The fraction of sp³-hybridized carbons (Fsp3) is 0.545. The van der Waals surface area contributed by atoms with Gasteiger partial charge < -0.3 is 10.0 Å². The molecule has 94 valence electrons. The van der Waals surface area contributed by atoms with Gasteiger partial charge in [0.25, 0.3) is 5.91 Å². The fourth-order valence-corrected chi connectivity index (χ4v) is 2.04. The van der Waals surface area contributed by atoms with Crippen LogP contribution in [-0.2, 0) is 0 Å². The molecule has 0 spiro atoms. The van der Waals surface area contributed by atoms with Crippen LogP contribution in [0.5, 0.6) is 0 Å². The first kappa shape index (κ1) is 13.9. The molecular weight excluding hydrogens is 238 g/mol. The van der Waals surface area contributed by atoms with Crippen molar-refractivity contribution < 1.29 is 9.90 Å². The second-order valence-corrected chi connectivity index (χ2v) is 5.36. The Labute approximate surface area is 105 Å². The molecule has 0 radical (unpaired) electrons. The van der Waals surface area contributed by atoms with Gasteiger partial charge in [0, 0.05) is 26.0 Å². The predicted octanol–water partition coefficient (Wildman–Crippen LogP) is 1.04. The second-order valence-electron chi connectivity index (χ2n) is 3.90. The van der Waals surface area contributed by atoms with E-state index in [9.17, 15) is 4.79 Å². The van der Waals surface area contributed by atoms with E-state index >= 15 is 0 Å². The van der Waals surface area contributed by atoms with Crippen LogP contribution in [0.4, 0.5) is 0 Å². The largest absolute Gasteiger partial charge is 0.396 e. The van der Waals surface area contributed by atoms with Crippen LogP contribution < -0.4 is 0 Å². The molecule has 0 aromatic carbocycles. The molecule has 1 N–H and O–H groups in total. The zero-order valence-corrected chi connectivity index (χ0v) is 11.1. The van der Waals surface area contributed by atoms with Crippen LogP contribution in [0.1, 0.15) is 23.8 Å². The zero-order chi connectivity index (χ0) is 12.8. The number of aliphatic hydroxyl groups excluding tert-OH is 1. The molecule has 0 aliphatic heterocycles. The van der Waals surface area contributed by atoms with E-state index in [0.717, 1.165) is 5.03 Å². The van der Waals surface area contributed by atoms with Gasteiger partial charge in [-0.3, -0.25) is 4.79 Å². The molecule has 1 unspecified atom stereocenters. The Bertz CT molecular complexity index is 367. The van der Waals surface area contributed by atoms with Gasteiger partial charge in [-0.15, -0.1) is 22.0 Å². The van der Waals surface area contributed by atoms with Gasteiger partial charge >= 0.3 is 0 Å². The molecule has 1 aromatic rings. The summed E-state index contributed by atoms with van der Waals surface area (Å²) in [6.07, 6.45) is 0.713. The Morgan fingerprint density at radius 2 is 2.18 bits per heavy atom. The summed E-state index contributed by atoms with van der Waals surface area (Å²) >= 11 is 1.54. The number of nitrogens with zero attached hydrogens (tertiary/aromatic N) is 3. The summed E-state index contributed by atoms with van der Waals surface area (Å²) in [6, 6.07) is 3.45. The number of aromatic nitrogens is 2. The maximum absolute atomic E-state index is 11.6. The molecule has 0 aliphatic carbocycles. The minimum atomic E-state index is -0.155. The van der Waals surface area contributed by atoms with E-state index in [1.165, 1.54) is 16.7 Å². The van der Waals surface area contributed by atoms with E-state index in [4.69, 9.17) is 5.11 Å². The van der Waals surface area contributed by atoms with E-state index in [1.807, 2.05) is 6.92 Å². The summed E-state index contributed by atoms with van der Waals surface area (Å²) in [5, 5.41) is 17.7. The lowest BCUT2D eigenvalue weighted by Crippen LogP contribution is -2.23. The minimum absolute atomic E-state index is 0.155. The first-order valence-corrected chi connectivity index (χ1v) is 6.25. The number of thioether (sulfide) groups is 1. The minimum Gasteiger partial charge on any atom is -0.396 e. The van der Waals surface area contributed by atoms with Crippen molar-refractivity contribution in [2.24, 2.45) is 0 Å². The van der Waals surface area contributed by atoms with Crippen molar-refractivity contribution in [2.75, 3.05) is 20.7 Å². The standard InChI is InChI=1S/C11H17N3O2S/c1-8(6-7-15)17-10-5-4-9(12-13-10)11(16)14(2)3/h4-5,8,15H,6-7H2,1-3H3. The predicted molar refractivity (Wildman–Crippen MR) is 67.1 cm³/mol. The summed E-state index contributed by atoms with van der Waals surface area (Å²) in [5.74, 6) is -0.155. The first-order chi connectivity index (χ1) is 8.04. The van der Waals surface area contributed by atoms with Gasteiger partial charge in [-0.05, 0) is 18.6 Å². The molecule has 1 amide bonds. The Morgan fingerprint density at radius 3 is 2.65 bits per heavy atom. The van der Waals surface area contributed by atoms with Gasteiger partial charge in [-0.25, -0.2) is 0 Å². The molecule has 0 fully saturated rings. The molecule has 1 rings (SSSR count). The summed E-state index contributed by atoms with van der Waals surface area (Å²) < 4.78 is 0. The summed E-state index contributed by atoms with van der Waals surface area (Å²) in [7, 11) is 3.35. The fourth-order valence-electron chi connectivity index (χ4n) is 1.17. The number of carbonyl (C=O) groups excluding carboxylic acids is 1. The van der Waals surface area contributed by atoms with Crippen molar-refractivity contribution >= 4 is 17.7 Å². The molecule has 1 atom stereocenters. The Morgan fingerprint density at radius 1 is 1.47 bits per heavy atom. The van der Waals surface area contributed by atoms with Crippen LogP contribution >= 0.6 is 11.8 Å². The van der Waals surface area contributed by atoms with E-state index in [2.05, 4.69) is 10.2 Å². The molecule has 6 heteroatoms. The summed E-state index contributed by atoms with van der Waals surface area (Å²) in [5.41, 5.74) is 0.342. The third-order valence-corrected chi connectivity index (χ3v) is 3.22. The Hall–Kier alpha value is -1.14. The van der Waals surface area contributed by atoms with Crippen LogP contribution in [0.15, 0.2) is 17.2 Å². The average molecular weight is 255 g/mol. The topological polar surface area (TPSA) is 66.3 Å². The van der Waals surface area contributed by atoms with Gasteiger partial charge in [-0.2, -0.15) is 0 Å². The normalized spacial score (nSPS) is 12.2. The quantitative estimate of drug-likeness (QED) is 0.796. The van der Waals surface area contributed by atoms with Crippen LogP contribution in [0, 0.1) is 0 Å². The van der Waals surface area contributed by atoms with Crippen LogP contribution in [0.3, 0.4) is 0 Å². The number of carbonyl (C=O) groups is 1. The van der Waals surface area contributed by atoms with Crippen LogP contribution in [0.25, 0.3) is 0 Å². The smallest absolute Gasteiger partial charge is 0.273 e. The van der Waals surface area contributed by atoms with Crippen molar-refractivity contribution in [1.29, 1.82) is 0 Å².